The van der Waals surface area contributed by atoms with Crippen LogP contribution in [-0.4, -0.2) is 50.6 Å². The smallest absolute Gasteiger partial charge is 0.358 e. The molecule has 1 heterocycles. The van der Waals surface area contributed by atoms with E-state index in [2.05, 4.69) is 20.9 Å². The van der Waals surface area contributed by atoms with Crippen LogP contribution in [0.3, 0.4) is 0 Å². The Morgan fingerprint density at radius 3 is 2.68 bits per heavy atom. The van der Waals surface area contributed by atoms with Crippen LogP contribution in [0.4, 0.5) is 0 Å². The summed E-state index contributed by atoms with van der Waals surface area (Å²) in [6.45, 7) is 6.95. The Bertz CT molecular complexity index is 455. The molecule has 0 atom stereocenters. The second kappa shape index (κ2) is 6.28. The molecule has 0 unspecified atom stereocenters. The van der Waals surface area contributed by atoms with Gasteiger partial charge >= 0.3 is 5.97 Å². The van der Waals surface area contributed by atoms with Gasteiger partial charge in [-0.25, -0.2) is 9.48 Å². The topological polar surface area (TPSA) is 109 Å². The molecule has 1 aromatic rings. The van der Waals surface area contributed by atoms with E-state index in [1.165, 1.54) is 10.9 Å². The van der Waals surface area contributed by atoms with Crippen LogP contribution >= 0.6 is 0 Å². The number of carbonyl (C=O) groups excluding carboxylic acids is 1. The maximum atomic E-state index is 11.8. The average molecular weight is 269 g/mol. The van der Waals surface area contributed by atoms with E-state index in [4.69, 9.17) is 5.11 Å². The van der Waals surface area contributed by atoms with Gasteiger partial charge in [-0.1, -0.05) is 12.1 Å². The maximum absolute atomic E-state index is 11.8. The summed E-state index contributed by atoms with van der Waals surface area (Å²) in [6, 6.07) is 0. The van der Waals surface area contributed by atoms with Gasteiger partial charge < -0.3 is 15.7 Å². The molecule has 0 bridgehead atoms. The summed E-state index contributed by atoms with van der Waals surface area (Å²) in [5.74, 6) is -1.24. The SMILES string of the molecule is CCNC(C)(C)C(=O)NCCn1cc(C(=O)O)nn1. The van der Waals surface area contributed by atoms with E-state index < -0.39 is 11.5 Å². The number of nitrogens with zero attached hydrogens (tertiary/aromatic N) is 3. The molecule has 1 rings (SSSR count). The molecule has 0 aliphatic rings. The van der Waals surface area contributed by atoms with E-state index in [1.807, 2.05) is 6.92 Å². The van der Waals surface area contributed by atoms with E-state index in [-0.39, 0.29) is 11.6 Å². The van der Waals surface area contributed by atoms with Crippen molar-refractivity contribution >= 4 is 11.9 Å². The molecule has 0 saturated carbocycles. The van der Waals surface area contributed by atoms with Crippen molar-refractivity contribution < 1.29 is 14.7 Å². The normalized spacial score (nSPS) is 11.3. The summed E-state index contributed by atoms with van der Waals surface area (Å²) < 4.78 is 1.38. The summed E-state index contributed by atoms with van der Waals surface area (Å²) in [6.07, 6.45) is 1.32. The highest BCUT2D eigenvalue weighted by atomic mass is 16.4. The average Bonchev–Trinajstić information content (AvgIpc) is 2.77. The number of carboxylic acid groups (broad SMARTS) is 1. The van der Waals surface area contributed by atoms with Gasteiger partial charge in [-0.2, -0.15) is 0 Å². The zero-order valence-corrected chi connectivity index (χ0v) is 11.3. The highest BCUT2D eigenvalue weighted by Crippen LogP contribution is 2.01. The third-order valence-electron chi connectivity index (χ3n) is 2.57. The number of likely N-dealkylation sites (N-methyl/N-ethyl adjacent to an activating group) is 1. The summed E-state index contributed by atoms with van der Waals surface area (Å²) in [5.41, 5.74) is -0.747. The predicted octanol–water partition coefficient (Wildman–Crippen LogP) is -0.519. The zero-order chi connectivity index (χ0) is 14.5. The Hall–Kier alpha value is -1.96. The quantitative estimate of drug-likeness (QED) is 0.614. The van der Waals surface area contributed by atoms with Crippen molar-refractivity contribution in [3.63, 3.8) is 0 Å². The molecule has 8 heteroatoms. The first-order valence-electron chi connectivity index (χ1n) is 6.03. The van der Waals surface area contributed by atoms with Crippen molar-refractivity contribution in [2.24, 2.45) is 0 Å². The van der Waals surface area contributed by atoms with Gasteiger partial charge in [-0.3, -0.25) is 4.79 Å². The fraction of sp³-hybridized carbons (Fsp3) is 0.636. The second-order valence-electron chi connectivity index (χ2n) is 4.58. The Labute approximate surface area is 111 Å². The van der Waals surface area contributed by atoms with Crippen LogP contribution in [-0.2, 0) is 11.3 Å². The molecule has 0 fully saturated rings. The molecule has 1 amide bonds. The summed E-state index contributed by atoms with van der Waals surface area (Å²) >= 11 is 0. The zero-order valence-electron chi connectivity index (χ0n) is 11.3. The minimum Gasteiger partial charge on any atom is -0.476 e. The molecule has 3 N–H and O–H groups in total. The Kier molecular flexibility index (Phi) is 4.99. The lowest BCUT2D eigenvalue weighted by Crippen LogP contribution is -2.53. The lowest BCUT2D eigenvalue weighted by Gasteiger charge is -2.24. The number of amides is 1. The van der Waals surface area contributed by atoms with E-state index in [9.17, 15) is 9.59 Å². The minimum atomic E-state index is -1.12. The number of rotatable bonds is 7. The standard InChI is InChI=1S/C11H19N5O3/c1-4-13-11(2,3)10(19)12-5-6-16-7-8(9(17)18)14-15-16/h7,13H,4-6H2,1-3H3,(H,12,19)(H,17,18). The van der Waals surface area contributed by atoms with Gasteiger partial charge in [0.2, 0.25) is 5.91 Å². The van der Waals surface area contributed by atoms with Crippen molar-refractivity contribution in [3.05, 3.63) is 11.9 Å². The lowest BCUT2D eigenvalue weighted by atomic mass is 10.0. The molecular formula is C11H19N5O3. The number of carboxylic acids is 1. The predicted molar refractivity (Wildman–Crippen MR) is 67.7 cm³/mol. The summed E-state index contributed by atoms with van der Waals surface area (Å²) in [4.78, 5) is 22.5. The van der Waals surface area contributed by atoms with Gasteiger partial charge in [0.05, 0.1) is 18.3 Å². The first-order chi connectivity index (χ1) is 8.86. The number of carbonyl (C=O) groups is 2. The fourth-order valence-corrected chi connectivity index (χ4v) is 1.53. The van der Waals surface area contributed by atoms with Crippen molar-refractivity contribution in [1.82, 2.24) is 25.6 Å². The van der Waals surface area contributed by atoms with E-state index in [1.54, 1.807) is 13.8 Å². The van der Waals surface area contributed by atoms with Crippen LogP contribution in [0.2, 0.25) is 0 Å². The third kappa shape index (κ3) is 4.32. The van der Waals surface area contributed by atoms with Gasteiger partial charge in [0.25, 0.3) is 0 Å². The molecule has 0 aliphatic carbocycles. The van der Waals surface area contributed by atoms with Crippen LogP contribution in [0.1, 0.15) is 31.3 Å². The van der Waals surface area contributed by atoms with Gasteiger partial charge in [0, 0.05) is 6.54 Å². The van der Waals surface area contributed by atoms with Gasteiger partial charge in [-0.05, 0) is 20.4 Å². The largest absolute Gasteiger partial charge is 0.476 e. The van der Waals surface area contributed by atoms with Crippen molar-refractivity contribution in [2.45, 2.75) is 32.9 Å². The van der Waals surface area contributed by atoms with Gasteiger partial charge in [-0.15, -0.1) is 5.10 Å². The molecule has 8 nitrogen and oxygen atoms in total. The van der Waals surface area contributed by atoms with Crippen molar-refractivity contribution in [3.8, 4) is 0 Å². The van der Waals surface area contributed by atoms with Crippen LogP contribution in [0.25, 0.3) is 0 Å². The summed E-state index contributed by atoms with van der Waals surface area (Å²) in [5, 5.41) is 21.6. The Morgan fingerprint density at radius 1 is 1.47 bits per heavy atom. The lowest BCUT2D eigenvalue weighted by molar-refractivity contribution is -0.126. The van der Waals surface area contributed by atoms with E-state index >= 15 is 0 Å². The highest BCUT2D eigenvalue weighted by Gasteiger charge is 2.25. The van der Waals surface area contributed by atoms with Gasteiger partial charge in [0.1, 0.15) is 0 Å². The molecule has 0 saturated heterocycles. The van der Waals surface area contributed by atoms with E-state index in [0.717, 1.165) is 0 Å². The Balaban J connectivity index is 2.41. The molecular weight excluding hydrogens is 250 g/mol. The molecule has 106 valence electrons. The first-order valence-corrected chi connectivity index (χ1v) is 6.03. The highest BCUT2D eigenvalue weighted by molar-refractivity contribution is 5.85. The molecule has 19 heavy (non-hydrogen) atoms. The van der Waals surface area contributed by atoms with E-state index in [0.29, 0.717) is 19.6 Å². The molecule has 0 spiro atoms. The molecule has 1 aromatic heterocycles. The molecule has 0 aliphatic heterocycles. The van der Waals surface area contributed by atoms with Gasteiger partial charge in [0.15, 0.2) is 5.69 Å². The second-order valence-corrected chi connectivity index (χ2v) is 4.58. The van der Waals surface area contributed by atoms with Crippen LogP contribution in [0.15, 0.2) is 6.20 Å². The van der Waals surface area contributed by atoms with Crippen molar-refractivity contribution in [2.75, 3.05) is 13.1 Å². The number of nitrogens with one attached hydrogen (secondary N) is 2. The third-order valence-corrected chi connectivity index (χ3v) is 2.57. The Morgan fingerprint density at radius 2 is 2.16 bits per heavy atom. The fourth-order valence-electron chi connectivity index (χ4n) is 1.53. The van der Waals surface area contributed by atoms with Crippen molar-refractivity contribution in [1.29, 1.82) is 0 Å². The number of aromatic carboxylic acids is 1. The molecule has 0 aromatic carbocycles. The molecule has 0 radical (unpaired) electrons. The first kappa shape index (κ1) is 15.1. The minimum absolute atomic E-state index is 0.112. The number of aromatic nitrogens is 3. The van der Waals surface area contributed by atoms with Crippen LogP contribution in [0.5, 0.6) is 0 Å². The number of hydrogen-bond acceptors (Lipinski definition) is 5. The van der Waals surface area contributed by atoms with Crippen LogP contribution in [0, 0.1) is 0 Å². The number of hydrogen-bond donors (Lipinski definition) is 3. The summed E-state index contributed by atoms with van der Waals surface area (Å²) in [7, 11) is 0. The maximum Gasteiger partial charge on any atom is 0.358 e. The monoisotopic (exact) mass is 269 g/mol. The van der Waals surface area contributed by atoms with Crippen LogP contribution < -0.4 is 10.6 Å².